The van der Waals surface area contributed by atoms with E-state index in [0.29, 0.717) is 19.5 Å². The maximum absolute atomic E-state index is 13.0. The fourth-order valence-corrected chi connectivity index (χ4v) is 2.82. The molecule has 0 bridgehead atoms. The van der Waals surface area contributed by atoms with E-state index < -0.39 is 0 Å². The highest BCUT2D eigenvalue weighted by atomic mass is 19.1. The molecule has 0 saturated carbocycles. The molecule has 120 valence electrons. The van der Waals surface area contributed by atoms with Crippen molar-refractivity contribution in [2.24, 2.45) is 0 Å². The first kappa shape index (κ1) is 15.5. The molecule has 0 atom stereocenters. The molecule has 0 N–H and O–H groups in total. The summed E-state index contributed by atoms with van der Waals surface area (Å²) in [7, 11) is 0. The molecule has 1 aliphatic heterocycles. The molecule has 3 rings (SSSR count). The van der Waals surface area contributed by atoms with Crippen LogP contribution in [0.15, 0.2) is 48.8 Å². The molecule has 0 aliphatic carbocycles. The molecule has 0 radical (unpaired) electrons. The second kappa shape index (κ2) is 7.22. The fraction of sp³-hybridized carbons (Fsp3) is 0.333. The standard InChI is InChI=1S/C18H20FN3O/c19-16-4-6-17(7-5-16)21-10-12-22(13-11-21)18(23)8-3-15-2-1-9-20-14-15/h1-2,4-7,9,14H,3,8,10-13H2. The minimum atomic E-state index is -0.224. The van der Waals surface area contributed by atoms with Crippen LogP contribution in [0.2, 0.25) is 0 Å². The molecule has 1 aromatic heterocycles. The molecule has 1 fully saturated rings. The summed E-state index contributed by atoms with van der Waals surface area (Å²) in [5, 5.41) is 0. The average molecular weight is 313 g/mol. The van der Waals surface area contributed by atoms with E-state index in [1.54, 1.807) is 24.5 Å². The monoisotopic (exact) mass is 313 g/mol. The van der Waals surface area contributed by atoms with E-state index in [1.165, 1.54) is 12.1 Å². The van der Waals surface area contributed by atoms with Crippen LogP contribution in [0, 0.1) is 5.82 Å². The lowest BCUT2D eigenvalue weighted by molar-refractivity contribution is -0.131. The number of amides is 1. The first-order valence-corrected chi connectivity index (χ1v) is 7.89. The number of rotatable bonds is 4. The molecule has 2 aromatic rings. The van der Waals surface area contributed by atoms with Crippen molar-refractivity contribution < 1.29 is 9.18 Å². The highest BCUT2D eigenvalue weighted by molar-refractivity contribution is 5.76. The van der Waals surface area contributed by atoms with Crippen LogP contribution in [0.4, 0.5) is 10.1 Å². The summed E-state index contributed by atoms with van der Waals surface area (Å²) in [6.45, 7) is 2.99. The number of pyridine rings is 1. The Morgan fingerprint density at radius 3 is 2.48 bits per heavy atom. The van der Waals surface area contributed by atoms with E-state index in [1.807, 2.05) is 17.0 Å². The number of hydrogen-bond donors (Lipinski definition) is 0. The zero-order valence-electron chi connectivity index (χ0n) is 13.0. The predicted octanol–water partition coefficient (Wildman–Crippen LogP) is 2.50. The Bertz CT molecular complexity index is 637. The summed E-state index contributed by atoms with van der Waals surface area (Å²) in [6.07, 6.45) is 4.78. The van der Waals surface area contributed by atoms with Gasteiger partial charge in [-0.05, 0) is 42.3 Å². The maximum Gasteiger partial charge on any atom is 0.223 e. The summed E-state index contributed by atoms with van der Waals surface area (Å²) < 4.78 is 13.0. The number of anilines is 1. The topological polar surface area (TPSA) is 36.4 Å². The molecule has 5 heteroatoms. The van der Waals surface area contributed by atoms with Crippen molar-refractivity contribution in [3.05, 3.63) is 60.2 Å². The first-order chi connectivity index (χ1) is 11.2. The van der Waals surface area contributed by atoms with E-state index in [-0.39, 0.29) is 11.7 Å². The summed E-state index contributed by atoms with van der Waals surface area (Å²) in [4.78, 5) is 20.5. The highest BCUT2D eigenvalue weighted by Gasteiger charge is 2.21. The molecule has 23 heavy (non-hydrogen) atoms. The molecule has 1 amide bonds. The van der Waals surface area contributed by atoms with Gasteiger partial charge in [0, 0.05) is 50.7 Å². The zero-order chi connectivity index (χ0) is 16.1. The molecule has 0 unspecified atom stereocenters. The van der Waals surface area contributed by atoms with E-state index in [0.717, 1.165) is 30.8 Å². The van der Waals surface area contributed by atoms with Gasteiger partial charge in [0.15, 0.2) is 0 Å². The van der Waals surface area contributed by atoms with E-state index >= 15 is 0 Å². The SMILES string of the molecule is O=C(CCc1cccnc1)N1CCN(c2ccc(F)cc2)CC1. The van der Waals surface area contributed by atoms with Gasteiger partial charge in [0.25, 0.3) is 0 Å². The van der Waals surface area contributed by atoms with Crippen LogP contribution in [0.25, 0.3) is 0 Å². The second-order valence-electron chi connectivity index (χ2n) is 5.71. The molecule has 0 spiro atoms. The van der Waals surface area contributed by atoms with Gasteiger partial charge in [-0.1, -0.05) is 6.07 Å². The Morgan fingerprint density at radius 2 is 1.83 bits per heavy atom. The van der Waals surface area contributed by atoms with Gasteiger partial charge in [-0.15, -0.1) is 0 Å². The normalized spacial score (nSPS) is 14.8. The van der Waals surface area contributed by atoms with Crippen LogP contribution in [0.5, 0.6) is 0 Å². The third-order valence-corrected chi connectivity index (χ3v) is 4.17. The highest BCUT2D eigenvalue weighted by Crippen LogP contribution is 2.17. The summed E-state index contributed by atoms with van der Waals surface area (Å²) in [5.74, 6) is -0.0365. The van der Waals surface area contributed by atoms with Gasteiger partial charge in [-0.25, -0.2) is 4.39 Å². The van der Waals surface area contributed by atoms with Crippen LogP contribution < -0.4 is 4.90 Å². The lowest BCUT2D eigenvalue weighted by Gasteiger charge is -2.36. The number of carbonyl (C=O) groups is 1. The minimum absolute atomic E-state index is 0.188. The van der Waals surface area contributed by atoms with Crippen molar-refractivity contribution in [1.82, 2.24) is 9.88 Å². The molecule has 2 heterocycles. The van der Waals surface area contributed by atoms with Gasteiger partial charge in [-0.3, -0.25) is 9.78 Å². The van der Waals surface area contributed by atoms with Crippen molar-refractivity contribution in [3.63, 3.8) is 0 Å². The number of halogens is 1. The first-order valence-electron chi connectivity index (χ1n) is 7.89. The van der Waals surface area contributed by atoms with E-state index in [9.17, 15) is 9.18 Å². The second-order valence-corrected chi connectivity index (χ2v) is 5.71. The number of carbonyl (C=O) groups excluding carboxylic acids is 1. The lowest BCUT2D eigenvalue weighted by Crippen LogP contribution is -2.48. The third-order valence-electron chi connectivity index (χ3n) is 4.17. The van der Waals surface area contributed by atoms with Crippen LogP contribution in [-0.4, -0.2) is 42.0 Å². The van der Waals surface area contributed by atoms with Crippen molar-refractivity contribution >= 4 is 11.6 Å². The van der Waals surface area contributed by atoms with Gasteiger partial charge in [-0.2, -0.15) is 0 Å². The number of hydrogen-bond acceptors (Lipinski definition) is 3. The predicted molar refractivity (Wildman–Crippen MR) is 87.8 cm³/mol. The fourth-order valence-electron chi connectivity index (χ4n) is 2.82. The molecule has 1 saturated heterocycles. The van der Waals surface area contributed by atoms with Crippen LogP contribution in [-0.2, 0) is 11.2 Å². The quantitative estimate of drug-likeness (QED) is 0.870. The number of benzene rings is 1. The Kier molecular flexibility index (Phi) is 4.86. The number of nitrogens with zero attached hydrogens (tertiary/aromatic N) is 3. The molecule has 4 nitrogen and oxygen atoms in total. The van der Waals surface area contributed by atoms with Crippen molar-refractivity contribution in [1.29, 1.82) is 0 Å². The van der Waals surface area contributed by atoms with Crippen LogP contribution in [0.1, 0.15) is 12.0 Å². The largest absolute Gasteiger partial charge is 0.368 e. The molecule has 1 aliphatic rings. The summed E-state index contributed by atoms with van der Waals surface area (Å²) >= 11 is 0. The smallest absolute Gasteiger partial charge is 0.223 e. The Balaban J connectivity index is 1.48. The number of piperazine rings is 1. The Morgan fingerprint density at radius 1 is 1.09 bits per heavy atom. The average Bonchev–Trinajstić information content (AvgIpc) is 2.61. The minimum Gasteiger partial charge on any atom is -0.368 e. The Hall–Kier alpha value is -2.43. The van der Waals surface area contributed by atoms with Crippen LogP contribution in [0.3, 0.4) is 0 Å². The van der Waals surface area contributed by atoms with Gasteiger partial charge in [0.05, 0.1) is 0 Å². The van der Waals surface area contributed by atoms with E-state index in [4.69, 9.17) is 0 Å². The summed E-state index contributed by atoms with van der Waals surface area (Å²) in [6, 6.07) is 10.4. The molecular weight excluding hydrogens is 293 g/mol. The Labute approximate surface area is 135 Å². The zero-order valence-corrected chi connectivity index (χ0v) is 13.0. The van der Waals surface area contributed by atoms with Gasteiger partial charge in [0.2, 0.25) is 5.91 Å². The lowest BCUT2D eigenvalue weighted by atomic mass is 10.1. The summed E-state index contributed by atoms with van der Waals surface area (Å²) in [5.41, 5.74) is 2.10. The van der Waals surface area contributed by atoms with E-state index in [2.05, 4.69) is 9.88 Å². The maximum atomic E-state index is 13.0. The van der Waals surface area contributed by atoms with Crippen molar-refractivity contribution in [3.8, 4) is 0 Å². The van der Waals surface area contributed by atoms with Crippen molar-refractivity contribution in [2.75, 3.05) is 31.1 Å². The van der Waals surface area contributed by atoms with Crippen LogP contribution >= 0.6 is 0 Å². The van der Waals surface area contributed by atoms with Crippen molar-refractivity contribution in [2.45, 2.75) is 12.8 Å². The number of aryl methyl sites for hydroxylation is 1. The van der Waals surface area contributed by atoms with Gasteiger partial charge in [0.1, 0.15) is 5.82 Å². The van der Waals surface area contributed by atoms with Gasteiger partial charge < -0.3 is 9.80 Å². The number of aromatic nitrogens is 1. The molecule has 1 aromatic carbocycles. The third kappa shape index (κ3) is 4.06. The van der Waals surface area contributed by atoms with Gasteiger partial charge >= 0.3 is 0 Å². The molecular formula is C18H20FN3O.